The van der Waals surface area contributed by atoms with Crippen molar-refractivity contribution in [3.05, 3.63) is 59.2 Å². The van der Waals surface area contributed by atoms with Gasteiger partial charge in [-0.25, -0.2) is 0 Å². The van der Waals surface area contributed by atoms with Crippen LogP contribution in [-0.2, 0) is 14.3 Å². The second kappa shape index (κ2) is 11.9. The van der Waals surface area contributed by atoms with Crippen molar-refractivity contribution >= 4 is 23.1 Å². The number of aliphatic hydroxyl groups is 1. The summed E-state index contributed by atoms with van der Waals surface area (Å²) in [4.78, 5) is 29.9. The predicted molar refractivity (Wildman–Crippen MR) is 140 cm³/mol. The molecule has 1 amide bonds. The monoisotopic (exact) mass is 496 g/mol. The van der Waals surface area contributed by atoms with Gasteiger partial charge in [0, 0.05) is 32.4 Å². The minimum atomic E-state index is -0.766. The fraction of sp³-hybridized carbons (Fsp3) is 0.429. The van der Waals surface area contributed by atoms with Gasteiger partial charge in [0.25, 0.3) is 11.7 Å². The first kappa shape index (κ1) is 27.1. The van der Waals surface area contributed by atoms with Gasteiger partial charge >= 0.3 is 0 Å². The molecule has 1 unspecified atom stereocenters. The molecule has 1 aliphatic heterocycles. The first-order chi connectivity index (χ1) is 17.2. The summed E-state index contributed by atoms with van der Waals surface area (Å²) in [5.74, 6) is -0.741. The Morgan fingerprint density at radius 3 is 2.28 bits per heavy atom. The van der Waals surface area contributed by atoms with E-state index in [0.29, 0.717) is 30.3 Å². The SMILES string of the molecule is CCOc1ccc(/C(O)=C2/C(=O)C(=O)N(CCOC(C)C)C2c2ccc(N(C)C)cc2)c(OCC)c1. The maximum Gasteiger partial charge on any atom is 0.295 e. The number of hydrogen-bond donors (Lipinski definition) is 1. The van der Waals surface area contributed by atoms with E-state index in [-0.39, 0.29) is 30.6 Å². The van der Waals surface area contributed by atoms with Gasteiger partial charge in [-0.1, -0.05) is 12.1 Å². The fourth-order valence-electron chi connectivity index (χ4n) is 4.17. The molecule has 194 valence electrons. The van der Waals surface area contributed by atoms with Gasteiger partial charge < -0.3 is 29.1 Å². The van der Waals surface area contributed by atoms with Crippen molar-refractivity contribution in [1.82, 2.24) is 4.90 Å². The van der Waals surface area contributed by atoms with Gasteiger partial charge in [-0.3, -0.25) is 9.59 Å². The lowest BCUT2D eigenvalue weighted by Crippen LogP contribution is -2.33. The number of carbonyl (C=O) groups excluding carboxylic acids is 2. The van der Waals surface area contributed by atoms with Gasteiger partial charge in [0.1, 0.15) is 17.3 Å². The van der Waals surface area contributed by atoms with Crippen LogP contribution in [0.2, 0.25) is 0 Å². The van der Waals surface area contributed by atoms with Crippen molar-refractivity contribution < 1.29 is 28.9 Å². The van der Waals surface area contributed by atoms with Crippen molar-refractivity contribution in [2.75, 3.05) is 45.4 Å². The number of benzene rings is 2. The highest BCUT2D eigenvalue weighted by molar-refractivity contribution is 6.46. The summed E-state index contributed by atoms with van der Waals surface area (Å²) in [5.41, 5.74) is 2.04. The average Bonchev–Trinajstić information content (AvgIpc) is 3.09. The van der Waals surface area contributed by atoms with E-state index in [2.05, 4.69) is 0 Å². The van der Waals surface area contributed by atoms with Crippen LogP contribution in [0.5, 0.6) is 11.5 Å². The van der Waals surface area contributed by atoms with Crippen LogP contribution in [-0.4, -0.2) is 68.3 Å². The number of likely N-dealkylation sites (tertiary alicyclic amines) is 1. The normalized spacial score (nSPS) is 17.1. The molecule has 1 fully saturated rings. The third kappa shape index (κ3) is 5.82. The molecule has 36 heavy (non-hydrogen) atoms. The largest absolute Gasteiger partial charge is 0.507 e. The van der Waals surface area contributed by atoms with Crippen LogP contribution >= 0.6 is 0 Å². The molecule has 0 aliphatic carbocycles. The predicted octanol–water partition coefficient (Wildman–Crippen LogP) is 4.40. The Hall–Kier alpha value is -3.52. The van der Waals surface area contributed by atoms with E-state index in [0.717, 1.165) is 11.3 Å². The summed E-state index contributed by atoms with van der Waals surface area (Å²) < 4.78 is 17.0. The summed E-state index contributed by atoms with van der Waals surface area (Å²) in [7, 11) is 3.87. The van der Waals surface area contributed by atoms with Crippen molar-refractivity contribution in [2.45, 2.75) is 39.8 Å². The fourth-order valence-corrected chi connectivity index (χ4v) is 4.17. The zero-order valence-electron chi connectivity index (χ0n) is 21.9. The zero-order chi connectivity index (χ0) is 26.4. The molecule has 1 N–H and O–H groups in total. The zero-order valence-corrected chi connectivity index (χ0v) is 21.9. The first-order valence-electron chi connectivity index (χ1n) is 12.3. The highest BCUT2D eigenvalue weighted by atomic mass is 16.5. The van der Waals surface area contributed by atoms with E-state index < -0.39 is 17.7 Å². The molecule has 0 saturated carbocycles. The Morgan fingerprint density at radius 1 is 1.03 bits per heavy atom. The molecule has 1 aliphatic rings. The third-order valence-electron chi connectivity index (χ3n) is 5.87. The lowest BCUT2D eigenvalue weighted by molar-refractivity contribution is -0.140. The quantitative estimate of drug-likeness (QED) is 0.280. The van der Waals surface area contributed by atoms with E-state index in [1.54, 1.807) is 18.2 Å². The number of aliphatic hydroxyl groups excluding tert-OH is 1. The molecule has 1 heterocycles. The van der Waals surface area contributed by atoms with E-state index >= 15 is 0 Å². The van der Waals surface area contributed by atoms with Crippen LogP contribution in [0.3, 0.4) is 0 Å². The summed E-state index contributed by atoms with van der Waals surface area (Å²) in [6.07, 6.45) is -0.0164. The molecule has 3 rings (SSSR count). The molecule has 8 nitrogen and oxygen atoms in total. The third-order valence-corrected chi connectivity index (χ3v) is 5.87. The minimum absolute atomic E-state index is 0.0164. The smallest absolute Gasteiger partial charge is 0.295 e. The number of hydrogen-bond acceptors (Lipinski definition) is 7. The van der Waals surface area contributed by atoms with Crippen LogP contribution in [0.25, 0.3) is 5.76 Å². The van der Waals surface area contributed by atoms with Crippen LogP contribution in [0.1, 0.15) is 44.9 Å². The van der Waals surface area contributed by atoms with Gasteiger partial charge in [-0.05, 0) is 57.5 Å². The van der Waals surface area contributed by atoms with Crippen molar-refractivity contribution in [2.24, 2.45) is 0 Å². The van der Waals surface area contributed by atoms with E-state index in [1.165, 1.54) is 4.90 Å². The molecule has 0 radical (unpaired) electrons. The molecule has 0 bridgehead atoms. The number of ether oxygens (including phenoxy) is 3. The van der Waals surface area contributed by atoms with Crippen LogP contribution < -0.4 is 14.4 Å². The molecule has 2 aromatic carbocycles. The highest BCUT2D eigenvalue weighted by Crippen LogP contribution is 2.41. The van der Waals surface area contributed by atoms with E-state index in [4.69, 9.17) is 14.2 Å². The Bertz CT molecular complexity index is 1110. The molecule has 0 aromatic heterocycles. The van der Waals surface area contributed by atoms with Crippen LogP contribution in [0.4, 0.5) is 5.69 Å². The van der Waals surface area contributed by atoms with Gasteiger partial charge in [-0.2, -0.15) is 0 Å². The Kier molecular flexibility index (Phi) is 8.98. The second-order valence-corrected chi connectivity index (χ2v) is 8.92. The number of amides is 1. The highest BCUT2D eigenvalue weighted by Gasteiger charge is 2.46. The number of carbonyl (C=O) groups is 2. The van der Waals surface area contributed by atoms with Crippen molar-refractivity contribution in [1.29, 1.82) is 0 Å². The number of nitrogens with zero attached hydrogens (tertiary/aromatic N) is 2. The van der Waals surface area contributed by atoms with Gasteiger partial charge in [-0.15, -0.1) is 0 Å². The maximum atomic E-state index is 13.3. The van der Waals surface area contributed by atoms with Crippen molar-refractivity contribution in [3.63, 3.8) is 0 Å². The number of ketones is 1. The molecular weight excluding hydrogens is 460 g/mol. The Morgan fingerprint density at radius 2 is 1.69 bits per heavy atom. The molecular formula is C28H36N2O6. The van der Waals surface area contributed by atoms with Gasteiger partial charge in [0.2, 0.25) is 0 Å². The second-order valence-electron chi connectivity index (χ2n) is 8.92. The summed E-state index contributed by atoms with van der Waals surface area (Å²) >= 11 is 0. The lowest BCUT2D eigenvalue weighted by atomic mass is 9.94. The summed E-state index contributed by atoms with van der Waals surface area (Å²) in [6, 6.07) is 11.8. The molecule has 8 heteroatoms. The summed E-state index contributed by atoms with van der Waals surface area (Å²) in [6.45, 7) is 8.83. The summed E-state index contributed by atoms with van der Waals surface area (Å²) in [5, 5.41) is 11.5. The minimum Gasteiger partial charge on any atom is -0.507 e. The Labute approximate surface area is 213 Å². The van der Waals surface area contributed by atoms with E-state index in [9.17, 15) is 14.7 Å². The standard InChI is InChI=1S/C28H36N2O6/c1-7-34-21-13-14-22(23(17-21)35-8-2)26(31)24-25(19-9-11-20(12-10-19)29(5)6)30(28(33)27(24)32)15-16-36-18(3)4/h9-14,17-18,25,31H,7-8,15-16H2,1-6H3/b26-24-. The number of anilines is 1. The maximum absolute atomic E-state index is 13.3. The van der Waals surface area contributed by atoms with Crippen LogP contribution in [0, 0.1) is 0 Å². The van der Waals surface area contributed by atoms with E-state index in [1.807, 2.05) is 71.0 Å². The Balaban J connectivity index is 2.14. The lowest BCUT2D eigenvalue weighted by Gasteiger charge is -2.26. The van der Waals surface area contributed by atoms with Gasteiger partial charge in [0.05, 0.1) is 43.1 Å². The van der Waals surface area contributed by atoms with Crippen molar-refractivity contribution in [3.8, 4) is 11.5 Å². The number of Topliss-reactive ketones (excluding diaryl/α,β-unsaturated/α-hetero) is 1. The average molecular weight is 497 g/mol. The topological polar surface area (TPSA) is 88.5 Å². The number of rotatable bonds is 11. The molecule has 0 spiro atoms. The first-order valence-corrected chi connectivity index (χ1v) is 12.3. The van der Waals surface area contributed by atoms with Gasteiger partial charge in [0.15, 0.2) is 0 Å². The molecule has 1 saturated heterocycles. The molecule has 1 atom stereocenters. The van der Waals surface area contributed by atoms with Crippen LogP contribution in [0.15, 0.2) is 48.0 Å². The molecule has 2 aromatic rings.